The number of rotatable bonds is 5. The van der Waals surface area contributed by atoms with E-state index in [1.807, 2.05) is 0 Å². The molecule has 4 N–H and O–H groups in total. The van der Waals surface area contributed by atoms with E-state index in [0.29, 0.717) is 18.5 Å². The number of nitrogen functional groups attached to an aromatic ring is 1. The Morgan fingerprint density at radius 1 is 1.33 bits per heavy atom. The molecule has 1 fully saturated rings. The average Bonchev–Trinajstić information content (AvgIpc) is 2.92. The second kappa shape index (κ2) is 6.21. The molecule has 1 amide bonds. The smallest absolute Gasteiger partial charge is 0.245 e. The normalized spacial score (nSPS) is 16.5. The Labute approximate surface area is 129 Å². The van der Waals surface area contributed by atoms with Gasteiger partial charge in [0.2, 0.25) is 15.9 Å². The van der Waals surface area contributed by atoms with Crippen molar-refractivity contribution in [1.82, 2.24) is 4.31 Å². The van der Waals surface area contributed by atoms with Crippen LogP contribution in [0.25, 0.3) is 0 Å². The lowest BCUT2D eigenvalue weighted by molar-refractivity contribution is -0.118. The summed E-state index contributed by atoms with van der Waals surface area (Å²) in [6, 6.07) is 4.04. The van der Waals surface area contributed by atoms with Crippen molar-refractivity contribution in [3.63, 3.8) is 0 Å². The molecule has 0 aliphatic heterocycles. The van der Waals surface area contributed by atoms with Crippen molar-refractivity contribution in [2.75, 3.05) is 12.3 Å². The van der Waals surface area contributed by atoms with Crippen molar-refractivity contribution in [2.24, 2.45) is 5.73 Å². The van der Waals surface area contributed by atoms with Crippen LogP contribution >= 0.6 is 11.6 Å². The van der Waals surface area contributed by atoms with Gasteiger partial charge in [0.1, 0.15) is 4.90 Å². The Bertz CT molecular complexity index is 642. The summed E-state index contributed by atoms with van der Waals surface area (Å²) in [6.07, 6.45) is 3.29. The van der Waals surface area contributed by atoms with Crippen LogP contribution in [-0.4, -0.2) is 31.2 Å². The summed E-state index contributed by atoms with van der Waals surface area (Å²) < 4.78 is 26.8. The van der Waals surface area contributed by atoms with Crippen molar-refractivity contribution in [3.05, 3.63) is 23.2 Å². The quantitative estimate of drug-likeness (QED) is 0.794. The highest BCUT2D eigenvalue weighted by Crippen LogP contribution is 2.32. The molecule has 0 aromatic heterocycles. The fourth-order valence-electron chi connectivity index (χ4n) is 2.60. The van der Waals surface area contributed by atoms with E-state index >= 15 is 0 Å². The second-order valence-electron chi connectivity index (χ2n) is 5.14. The maximum atomic E-state index is 12.8. The van der Waals surface area contributed by atoms with Crippen LogP contribution in [0, 0.1) is 0 Å². The lowest BCUT2D eigenvalue weighted by atomic mass is 10.2. The number of hydrogen-bond acceptors (Lipinski definition) is 4. The van der Waals surface area contributed by atoms with Crippen molar-refractivity contribution < 1.29 is 13.2 Å². The standard InChI is InChI=1S/C13H18ClN3O3S/c14-11-6-5-9(15)7-12(11)21(19,20)17(8-13(16)18)10-3-1-2-4-10/h5-7,10H,1-4,8,15H2,(H2,16,18). The van der Waals surface area contributed by atoms with Gasteiger partial charge in [-0.15, -0.1) is 0 Å². The summed E-state index contributed by atoms with van der Waals surface area (Å²) in [5.74, 6) is -0.689. The molecule has 116 valence electrons. The number of carbonyl (C=O) groups is 1. The van der Waals surface area contributed by atoms with Crippen molar-refractivity contribution in [3.8, 4) is 0 Å². The van der Waals surface area contributed by atoms with E-state index in [9.17, 15) is 13.2 Å². The van der Waals surface area contributed by atoms with E-state index in [1.54, 1.807) is 0 Å². The first kappa shape index (κ1) is 16.1. The fraction of sp³-hybridized carbons (Fsp3) is 0.462. The molecule has 6 nitrogen and oxygen atoms in total. The molecular formula is C13H18ClN3O3S. The molecule has 0 spiro atoms. The molecule has 21 heavy (non-hydrogen) atoms. The molecule has 0 saturated heterocycles. The lowest BCUT2D eigenvalue weighted by Crippen LogP contribution is -2.44. The van der Waals surface area contributed by atoms with Gasteiger partial charge in [-0.3, -0.25) is 4.79 Å². The third-order valence-electron chi connectivity index (χ3n) is 3.59. The van der Waals surface area contributed by atoms with Gasteiger partial charge >= 0.3 is 0 Å². The number of benzene rings is 1. The Morgan fingerprint density at radius 2 is 1.95 bits per heavy atom. The molecule has 0 radical (unpaired) electrons. The van der Waals surface area contributed by atoms with Crippen molar-refractivity contribution in [2.45, 2.75) is 36.6 Å². The number of nitrogens with zero attached hydrogens (tertiary/aromatic N) is 1. The number of primary amides is 1. The molecule has 1 aromatic rings. The average molecular weight is 332 g/mol. The Kier molecular flexibility index (Phi) is 4.75. The molecule has 1 aromatic carbocycles. The van der Waals surface area contributed by atoms with Gasteiger partial charge in [-0.2, -0.15) is 4.31 Å². The minimum Gasteiger partial charge on any atom is -0.399 e. The lowest BCUT2D eigenvalue weighted by Gasteiger charge is -2.27. The molecule has 1 aliphatic carbocycles. The van der Waals surface area contributed by atoms with Gasteiger partial charge in [0.05, 0.1) is 11.6 Å². The molecule has 1 saturated carbocycles. The van der Waals surface area contributed by atoms with Crippen LogP contribution < -0.4 is 11.5 Å². The first-order valence-electron chi connectivity index (χ1n) is 6.67. The van der Waals surface area contributed by atoms with Crippen molar-refractivity contribution in [1.29, 1.82) is 0 Å². The number of halogens is 1. The summed E-state index contributed by atoms with van der Waals surface area (Å²) in [5, 5.41) is 0.0802. The maximum absolute atomic E-state index is 12.8. The van der Waals surface area contributed by atoms with E-state index in [0.717, 1.165) is 17.1 Å². The highest BCUT2D eigenvalue weighted by atomic mass is 35.5. The number of hydrogen-bond donors (Lipinski definition) is 2. The Balaban J connectivity index is 2.45. The van der Waals surface area contributed by atoms with Crippen LogP contribution in [-0.2, 0) is 14.8 Å². The molecule has 0 atom stereocenters. The van der Waals surface area contributed by atoms with Crippen LogP contribution in [0.2, 0.25) is 5.02 Å². The summed E-state index contributed by atoms with van der Waals surface area (Å²) in [5.41, 5.74) is 11.1. The van der Waals surface area contributed by atoms with E-state index in [-0.39, 0.29) is 22.5 Å². The molecule has 8 heteroatoms. The molecule has 1 aliphatic rings. The minimum absolute atomic E-state index is 0.0802. The van der Waals surface area contributed by atoms with Crippen LogP contribution in [0.3, 0.4) is 0 Å². The molecule has 0 unspecified atom stereocenters. The zero-order chi connectivity index (χ0) is 15.6. The molecule has 2 rings (SSSR count). The monoisotopic (exact) mass is 331 g/mol. The first-order valence-corrected chi connectivity index (χ1v) is 8.49. The van der Waals surface area contributed by atoms with Crippen molar-refractivity contribution >= 4 is 33.2 Å². The number of carbonyl (C=O) groups excluding carboxylic acids is 1. The van der Waals surface area contributed by atoms with Gasteiger partial charge in [0, 0.05) is 11.7 Å². The highest BCUT2D eigenvalue weighted by Gasteiger charge is 2.35. The van der Waals surface area contributed by atoms with Crippen LogP contribution in [0.4, 0.5) is 5.69 Å². The van der Waals surface area contributed by atoms with Crippen LogP contribution in [0.5, 0.6) is 0 Å². The zero-order valence-corrected chi connectivity index (χ0v) is 13.0. The summed E-state index contributed by atoms with van der Waals surface area (Å²) >= 11 is 5.99. The first-order chi connectivity index (χ1) is 9.82. The largest absolute Gasteiger partial charge is 0.399 e. The van der Waals surface area contributed by atoms with E-state index < -0.39 is 15.9 Å². The number of anilines is 1. The third kappa shape index (κ3) is 3.48. The highest BCUT2D eigenvalue weighted by molar-refractivity contribution is 7.89. The Morgan fingerprint density at radius 3 is 2.52 bits per heavy atom. The topological polar surface area (TPSA) is 106 Å². The van der Waals surface area contributed by atoms with Gasteiger partial charge in [0.25, 0.3) is 0 Å². The summed E-state index contributed by atoms with van der Waals surface area (Å²) in [6.45, 7) is -0.349. The van der Waals surface area contributed by atoms with Gasteiger partial charge in [-0.25, -0.2) is 8.42 Å². The number of sulfonamides is 1. The zero-order valence-electron chi connectivity index (χ0n) is 11.5. The van der Waals surface area contributed by atoms with Gasteiger partial charge in [-0.05, 0) is 31.0 Å². The minimum atomic E-state index is -3.91. The number of amides is 1. The predicted octanol–water partition coefficient (Wildman–Crippen LogP) is 1.34. The van der Waals surface area contributed by atoms with Crippen LogP contribution in [0.1, 0.15) is 25.7 Å². The maximum Gasteiger partial charge on any atom is 0.245 e. The second-order valence-corrected chi connectivity index (χ2v) is 7.41. The van der Waals surface area contributed by atoms with Gasteiger partial charge in [0.15, 0.2) is 0 Å². The predicted molar refractivity (Wildman–Crippen MR) is 81.2 cm³/mol. The fourth-order valence-corrected chi connectivity index (χ4v) is 4.76. The summed E-state index contributed by atoms with van der Waals surface area (Å²) in [7, 11) is -3.91. The van der Waals surface area contributed by atoms with Crippen LogP contribution in [0.15, 0.2) is 23.1 Å². The number of nitrogens with two attached hydrogens (primary N) is 2. The third-order valence-corrected chi connectivity index (χ3v) is 5.97. The molecule has 0 heterocycles. The van der Waals surface area contributed by atoms with E-state index in [1.165, 1.54) is 18.2 Å². The van der Waals surface area contributed by atoms with Gasteiger partial charge in [-0.1, -0.05) is 24.4 Å². The SMILES string of the molecule is NC(=O)CN(C1CCCC1)S(=O)(=O)c1cc(N)ccc1Cl. The molecular weight excluding hydrogens is 314 g/mol. The molecule has 0 bridgehead atoms. The van der Waals surface area contributed by atoms with Gasteiger partial charge < -0.3 is 11.5 Å². The van der Waals surface area contributed by atoms with E-state index in [2.05, 4.69) is 0 Å². The van der Waals surface area contributed by atoms with E-state index in [4.69, 9.17) is 23.1 Å². The Hall–Kier alpha value is -1.31. The summed E-state index contributed by atoms with van der Waals surface area (Å²) in [4.78, 5) is 11.2.